The molecule has 3 rings (SSSR count). The third-order valence-corrected chi connectivity index (χ3v) is 4.64. The smallest absolute Gasteiger partial charge is 0.410 e. The third kappa shape index (κ3) is 4.24. The van der Waals surface area contributed by atoms with E-state index >= 15 is 0 Å². The van der Waals surface area contributed by atoms with E-state index in [9.17, 15) is 9.59 Å². The first kappa shape index (κ1) is 17.6. The summed E-state index contributed by atoms with van der Waals surface area (Å²) in [6.45, 7) is 7.68. The van der Waals surface area contributed by atoms with Gasteiger partial charge in [0, 0.05) is 25.6 Å². The maximum absolute atomic E-state index is 12.4. The Hall–Kier alpha value is -2.24. The lowest BCUT2D eigenvalue weighted by molar-refractivity contribution is 0.0267. The number of likely N-dealkylation sites (tertiary alicyclic amines) is 2. The van der Waals surface area contributed by atoms with Crippen LogP contribution >= 0.6 is 0 Å². The highest BCUT2D eigenvalue weighted by Gasteiger charge is 2.46. The van der Waals surface area contributed by atoms with E-state index in [0.717, 1.165) is 12.0 Å². The van der Waals surface area contributed by atoms with Gasteiger partial charge >= 0.3 is 12.2 Å². The van der Waals surface area contributed by atoms with Crippen molar-refractivity contribution in [2.24, 2.45) is 5.92 Å². The Morgan fingerprint density at radius 2 is 1.84 bits per heavy atom. The highest BCUT2D eigenvalue weighted by molar-refractivity contribution is 5.71. The van der Waals surface area contributed by atoms with Gasteiger partial charge in [0.25, 0.3) is 0 Å². The number of nitrogens with zero attached hydrogens (tertiary/aromatic N) is 2. The molecule has 2 fully saturated rings. The van der Waals surface area contributed by atoms with Crippen molar-refractivity contribution < 1.29 is 19.1 Å². The summed E-state index contributed by atoms with van der Waals surface area (Å²) in [6, 6.07) is 9.66. The number of ether oxygens (including phenoxy) is 2. The predicted molar refractivity (Wildman–Crippen MR) is 93.0 cm³/mol. The average Bonchev–Trinajstić information content (AvgIpc) is 3.12. The lowest BCUT2D eigenvalue weighted by Gasteiger charge is -2.26. The second-order valence-corrected chi connectivity index (χ2v) is 7.74. The summed E-state index contributed by atoms with van der Waals surface area (Å²) in [5.74, 6) is 0.303. The minimum absolute atomic E-state index is 0.0239. The minimum atomic E-state index is -0.511. The Balaban J connectivity index is 1.55. The maximum atomic E-state index is 12.4. The van der Waals surface area contributed by atoms with Gasteiger partial charge in [0.05, 0.1) is 6.04 Å². The Morgan fingerprint density at radius 3 is 2.52 bits per heavy atom. The van der Waals surface area contributed by atoms with Crippen LogP contribution in [0, 0.1) is 5.92 Å². The first-order valence-corrected chi connectivity index (χ1v) is 8.79. The molecule has 6 heteroatoms. The first-order chi connectivity index (χ1) is 11.8. The summed E-state index contributed by atoms with van der Waals surface area (Å²) in [4.78, 5) is 28.2. The highest BCUT2D eigenvalue weighted by Crippen LogP contribution is 2.32. The van der Waals surface area contributed by atoms with Crippen LogP contribution in [0.25, 0.3) is 0 Å². The van der Waals surface area contributed by atoms with Crippen molar-refractivity contribution >= 4 is 12.2 Å². The van der Waals surface area contributed by atoms with E-state index in [1.54, 1.807) is 9.80 Å². The summed E-state index contributed by atoms with van der Waals surface area (Å²) in [7, 11) is 0. The fourth-order valence-electron chi connectivity index (χ4n) is 3.47. The van der Waals surface area contributed by atoms with Crippen molar-refractivity contribution in [1.29, 1.82) is 0 Å². The van der Waals surface area contributed by atoms with Crippen LogP contribution in [0.4, 0.5) is 9.59 Å². The van der Waals surface area contributed by atoms with E-state index in [2.05, 4.69) is 0 Å². The predicted octanol–water partition coefficient (Wildman–Crippen LogP) is 3.26. The van der Waals surface area contributed by atoms with Crippen molar-refractivity contribution in [2.75, 3.05) is 19.6 Å². The van der Waals surface area contributed by atoms with Gasteiger partial charge in [-0.05, 0) is 32.8 Å². The van der Waals surface area contributed by atoms with Crippen LogP contribution in [0.1, 0.15) is 32.8 Å². The number of hydrogen-bond donors (Lipinski definition) is 0. The van der Waals surface area contributed by atoms with Crippen molar-refractivity contribution in [1.82, 2.24) is 9.80 Å². The number of carbonyl (C=O) groups is 2. The zero-order chi connectivity index (χ0) is 18.0. The van der Waals surface area contributed by atoms with Crippen LogP contribution in [0.3, 0.4) is 0 Å². The fourth-order valence-corrected chi connectivity index (χ4v) is 3.47. The topological polar surface area (TPSA) is 59.1 Å². The summed E-state index contributed by atoms with van der Waals surface area (Å²) >= 11 is 0. The molecule has 2 atom stereocenters. The molecule has 6 nitrogen and oxygen atoms in total. The van der Waals surface area contributed by atoms with E-state index in [0.29, 0.717) is 25.6 Å². The van der Waals surface area contributed by atoms with E-state index < -0.39 is 5.60 Å². The molecular weight excluding hydrogens is 320 g/mol. The molecule has 2 amide bonds. The van der Waals surface area contributed by atoms with Crippen LogP contribution < -0.4 is 0 Å². The van der Waals surface area contributed by atoms with Gasteiger partial charge in [-0.1, -0.05) is 30.3 Å². The van der Waals surface area contributed by atoms with Crippen molar-refractivity contribution in [3.8, 4) is 0 Å². The highest BCUT2D eigenvalue weighted by atomic mass is 16.6. The second kappa shape index (κ2) is 6.94. The number of rotatable bonds is 2. The van der Waals surface area contributed by atoms with Gasteiger partial charge in [-0.2, -0.15) is 0 Å². The quantitative estimate of drug-likeness (QED) is 0.825. The standard InChI is InChI=1S/C19H26N2O4/c1-19(2,3)25-17(22)20-11-15-9-10-21(16(15)12-20)18(23)24-13-14-7-5-4-6-8-14/h4-8,15-16H,9-13H2,1-3H3/t15-,16+/m0/s1. The Bertz CT molecular complexity index is 626. The lowest BCUT2D eigenvalue weighted by Crippen LogP contribution is -2.42. The second-order valence-electron chi connectivity index (χ2n) is 7.74. The Kier molecular flexibility index (Phi) is 4.88. The molecule has 0 spiro atoms. The minimum Gasteiger partial charge on any atom is -0.445 e. The molecule has 1 aromatic rings. The van der Waals surface area contributed by atoms with E-state index in [1.807, 2.05) is 51.1 Å². The SMILES string of the molecule is CC(C)(C)OC(=O)N1C[C@@H]2CCN(C(=O)OCc3ccccc3)[C@@H]2C1. The van der Waals surface area contributed by atoms with Crippen LogP contribution in [0.2, 0.25) is 0 Å². The van der Waals surface area contributed by atoms with E-state index in [1.165, 1.54) is 0 Å². The van der Waals surface area contributed by atoms with E-state index in [-0.39, 0.29) is 24.8 Å². The normalized spacial score (nSPS) is 22.7. The molecule has 0 aliphatic carbocycles. The Morgan fingerprint density at radius 1 is 1.12 bits per heavy atom. The van der Waals surface area contributed by atoms with Crippen molar-refractivity contribution in [2.45, 2.75) is 45.4 Å². The number of carbonyl (C=O) groups excluding carboxylic acids is 2. The molecule has 25 heavy (non-hydrogen) atoms. The monoisotopic (exact) mass is 346 g/mol. The van der Waals surface area contributed by atoms with Gasteiger partial charge in [-0.15, -0.1) is 0 Å². The van der Waals surface area contributed by atoms with Crippen LogP contribution in [-0.4, -0.2) is 53.3 Å². The van der Waals surface area contributed by atoms with Gasteiger partial charge in [-0.25, -0.2) is 9.59 Å². The van der Waals surface area contributed by atoms with Gasteiger partial charge < -0.3 is 19.3 Å². The van der Waals surface area contributed by atoms with Gasteiger partial charge in [0.1, 0.15) is 12.2 Å². The zero-order valence-electron chi connectivity index (χ0n) is 15.1. The van der Waals surface area contributed by atoms with Crippen LogP contribution in [-0.2, 0) is 16.1 Å². The van der Waals surface area contributed by atoms with E-state index in [4.69, 9.17) is 9.47 Å². The molecule has 0 radical (unpaired) electrons. The molecule has 136 valence electrons. The summed E-state index contributed by atoms with van der Waals surface area (Å²) in [5.41, 5.74) is 0.455. The number of amides is 2. The Labute approximate surface area is 148 Å². The van der Waals surface area contributed by atoms with Crippen LogP contribution in [0.15, 0.2) is 30.3 Å². The molecule has 0 saturated carbocycles. The summed E-state index contributed by atoms with van der Waals surface area (Å²) < 4.78 is 10.9. The summed E-state index contributed by atoms with van der Waals surface area (Å²) in [6.07, 6.45) is 0.284. The number of hydrogen-bond acceptors (Lipinski definition) is 4. The molecule has 2 aliphatic rings. The fraction of sp³-hybridized carbons (Fsp3) is 0.579. The molecule has 2 aliphatic heterocycles. The van der Waals surface area contributed by atoms with Crippen molar-refractivity contribution in [3.63, 3.8) is 0 Å². The molecule has 0 aromatic heterocycles. The first-order valence-electron chi connectivity index (χ1n) is 8.79. The van der Waals surface area contributed by atoms with Crippen LogP contribution in [0.5, 0.6) is 0 Å². The zero-order valence-corrected chi connectivity index (χ0v) is 15.1. The number of benzene rings is 1. The average molecular weight is 346 g/mol. The largest absolute Gasteiger partial charge is 0.445 e. The van der Waals surface area contributed by atoms with Gasteiger partial charge in [-0.3, -0.25) is 0 Å². The molecule has 0 bridgehead atoms. The van der Waals surface area contributed by atoms with Gasteiger partial charge in [0.15, 0.2) is 0 Å². The molecule has 0 unspecified atom stereocenters. The molecular formula is C19H26N2O4. The third-order valence-electron chi connectivity index (χ3n) is 4.64. The molecule has 2 saturated heterocycles. The molecule has 2 heterocycles. The molecule has 1 aromatic carbocycles. The van der Waals surface area contributed by atoms with Gasteiger partial charge in [0.2, 0.25) is 0 Å². The number of fused-ring (bicyclic) bond motifs is 1. The molecule has 0 N–H and O–H groups in total. The van der Waals surface area contributed by atoms with Crippen molar-refractivity contribution in [3.05, 3.63) is 35.9 Å². The summed E-state index contributed by atoms with van der Waals surface area (Å²) in [5, 5.41) is 0. The maximum Gasteiger partial charge on any atom is 0.410 e. The lowest BCUT2D eigenvalue weighted by atomic mass is 10.1.